The molecule has 1 aromatic heterocycles. The highest BCUT2D eigenvalue weighted by Crippen LogP contribution is 2.22. The maximum atomic E-state index is 12.3. The van der Waals surface area contributed by atoms with E-state index in [2.05, 4.69) is 15.6 Å². The third kappa shape index (κ3) is 3.77. The van der Waals surface area contributed by atoms with Gasteiger partial charge in [-0.3, -0.25) is 9.78 Å². The number of pyridine rings is 1. The van der Waals surface area contributed by atoms with Crippen LogP contribution in [0.4, 0.5) is 11.4 Å². The zero-order valence-electron chi connectivity index (χ0n) is 12.2. The second-order valence-electron chi connectivity index (χ2n) is 5.52. The standard InChI is InChI=1S/C17H18ClN3O/c18-12-4-3-7-14(10-12)21-17(22)16-11-15(8-9-19-16)20-13-5-1-2-6-13/h3-4,7-11,13H,1-2,5-6H2,(H,19,20)(H,21,22). The molecular weight excluding hydrogens is 298 g/mol. The second kappa shape index (κ2) is 6.79. The van der Waals surface area contributed by atoms with Gasteiger partial charge in [0, 0.05) is 28.6 Å². The molecule has 3 rings (SSSR count). The molecule has 1 heterocycles. The minimum atomic E-state index is -0.239. The van der Waals surface area contributed by atoms with Crippen LogP contribution in [0.5, 0.6) is 0 Å². The summed E-state index contributed by atoms with van der Waals surface area (Å²) in [7, 11) is 0. The molecular formula is C17H18ClN3O. The highest BCUT2D eigenvalue weighted by atomic mass is 35.5. The molecule has 4 nitrogen and oxygen atoms in total. The lowest BCUT2D eigenvalue weighted by Gasteiger charge is -2.14. The van der Waals surface area contributed by atoms with Crippen LogP contribution in [0.1, 0.15) is 36.2 Å². The van der Waals surface area contributed by atoms with Crippen molar-refractivity contribution in [2.45, 2.75) is 31.7 Å². The SMILES string of the molecule is O=C(Nc1cccc(Cl)c1)c1cc(NC2CCCC2)ccn1. The van der Waals surface area contributed by atoms with Gasteiger partial charge in [0.15, 0.2) is 0 Å². The maximum Gasteiger partial charge on any atom is 0.274 e. The number of benzene rings is 1. The monoisotopic (exact) mass is 315 g/mol. The quantitative estimate of drug-likeness (QED) is 0.882. The predicted molar refractivity (Wildman–Crippen MR) is 89.5 cm³/mol. The van der Waals surface area contributed by atoms with Gasteiger partial charge in [0.1, 0.15) is 5.69 Å². The van der Waals surface area contributed by atoms with E-state index in [4.69, 9.17) is 11.6 Å². The summed E-state index contributed by atoms with van der Waals surface area (Å²) in [6.45, 7) is 0. The largest absolute Gasteiger partial charge is 0.382 e. The molecule has 1 aliphatic rings. The van der Waals surface area contributed by atoms with Crippen molar-refractivity contribution in [3.63, 3.8) is 0 Å². The Morgan fingerprint density at radius 3 is 2.73 bits per heavy atom. The van der Waals surface area contributed by atoms with Crippen LogP contribution in [0.15, 0.2) is 42.6 Å². The van der Waals surface area contributed by atoms with Crippen molar-refractivity contribution in [1.82, 2.24) is 4.98 Å². The number of carbonyl (C=O) groups is 1. The average Bonchev–Trinajstić information content (AvgIpc) is 3.00. The number of carbonyl (C=O) groups excluding carboxylic acids is 1. The first-order valence-electron chi connectivity index (χ1n) is 7.50. The molecule has 1 amide bonds. The van der Waals surface area contributed by atoms with E-state index in [1.54, 1.807) is 36.5 Å². The maximum absolute atomic E-state index is 12.3. The summed E-state index contributed by atoms with van der Waals surface area (Å²) < 4.78 is 0. The smallest absolute Gasteiger partial charge is 0.274 e. The molecule has 22 heavy (non-hydrogen) atoms. The molecule has 0 aliphatic heterocycles. The van der Waals surface area contributed by atoms with E-state index in [0.717, 1.165) is 5.69 Å². The van der Waals surface area contributed by atoms with Crippen LogP contribution in [-0.4, -0.2) is 16.9 Å². The summed E-state index contributed by atoms with van der Waals surface area (Å²) in [4.78, 5) is 16.4. The van der Waals surface area contributed by atoms with E-state index in [-0.39, 0.29) is 5.91 Å². The van der Waals surface area contributed by atoms with Gasteiger partial charge in [-0.25, -0.2) is 0 Å². The van der Waals surface area contributed by atoms with Crippen molar-refractivity contribution in [3.8, 4) is 0 Å². The normalized spacial score (nSPS) is 14.8. The lowest BCUT2D eigenvalue weighted by molar-refractivity contribution is 0.102. The molecule has 5 heteroatoms. The molecule has 114 valence electrons. The Hall–Kier alpha value is -2.07. The third-order valence-electron chi connectivity index (χ3n) is 3.80. The molecule has 0 atom stereocenters. The number of amides is 1. The zero-order chi connectivity index (χ0) is 15.4. The topological polar surface area (TPSA) is 54.0 Å². The zero-order valence-corrected chi connectivity index (χ0v) is 12.9. The van der Waals surface area contributed by atoms with E-state index >= 15 is 0 Å². The number of halogens is 1. The number of aromatic nitrogens is 1. The Morgan fingerprint density at radius 1 is 1.14 bits per heavy atom. The molecule has 1 saturated carbocycles. The molecule has 1 fully saturated rings. The van der Waals surface area contributed by atoms with Crippen molar-refractivity contribution >= 4 is 28.9 Å². The summed E-state index contributed by atoms with van der Waals surface area (Å²) in [6, 6.07) is 11.3. The lowest BCUT2D eigenvalue weighted by Crippen LogP contribution is -2.17. The second-order valence-corrected chi connectivity index (χ2v) is 5.96. The van der Waals surface area contributed by atoms with Crippen LogP contribution in [-0.2, 0) is 0 Å². The lowest BCUT2D eigenvalue weighted by atomic mass is 10.2. The van der Waals surface area contributed by atoms with Gasteiger partial charge < -0.3 is 10.6 Å². The van der Waals surface area contributed by atoms with Crippen LogP contribution >= 0.6 is 11.6 Å². The molecule has 2 N–H and O–H groups in total. The van der Waals surface area contributed by atoms with E-state index in [9.17, 15) is 4.79 Å². The van der Waals surface area contributed by atoms with Crippen LogP contribution in [0.2, 0.25) is 5.02 Å². The van der Waals surface area contributed by atoms with Crippen LogP contribution < -0.4 is 10.6 Å². The van der Waals surface area contributed by atoms with Crippen LogP contribution in [0.3, 0.4) is 0 Å². The molecule has 0 bridgehead atoms. The summed E-state index contributed by atoms with van der Waals surface area (Å²) in [5, 5.41) is 6.86. The molecule has 0 radical (unpaired) electrons. The van der Waals surface area contributed by atoms with Gasteiger partial charge in [0.2, 0.25) is 0 Å². The third-order valence-corrected chi connectivity index (χ3v) is 4.04. The first-order chi connectivity index (χ1) is 10.7. The van der Waals surface area contributed by atoms with E-state index in [1.807, 2.05) is 6.07 Å². The van der Waals surface area contributed by atoms with Crippen molar-refractivity contribution in [2.24, 2.45) is 0 Å². The summed E-state index contributed by atoms with van der Waals surface area (Å²) >= 11 is 5.92. The molecule has 0 unspecified atom stereocenters. The number of hydrogen-bond donors (Lipinski definition) is 2. The molecule has 1 aromatic carbocycles. The highest BCUT2D eigenvalue weighted by molar-refractivity contribution is 6.30. The summed E-state index contributed by atoms with van der Waals surface area (Å²) in [5.74, 6) is -0.239. The summed E-state index contributed by atoms with van der Waals surface area (Å²) in [5.41, 5.74) is 1.99. The minimum Gasteiger partial charge on any atom is -0.382 e. The molecule has 0 saturated heterocycles. The fourth-order valence-electron chi connectivity index (χ4n) is 2.71. The average molecular weight is 316 g/mol. The predicted octanol–water partition coefficient (Wildman–Crippen LogP) is 4.34. The van der Waals surface area contributed by atoms with Crippen LogP contribution in [0.25, 0.3) is 0 Å². The van der Waals surface area contributed by atoms with Crippen molar-refractivity contribution in [1.29, 1.82) is 0 Å². The van der Waals surface area contributed by atoms with Gasteiger partial charge in [-0.2, -0.15) is 0 Å². The van der Waals surface area contributed by atoms with E-state index in [0.29, 0.717) is 22.4 Å². The molecule has 2 aromatic rings. The van der Waals surface area contributed by atoms with Gasteiger partial charge in [-0.05, 0) is 43.2 Å². The Balaban J connectivity index is 1.69. The summed E-state index contributed by atoms with van der Waals surface area (Å²) in [6.07, 6.45) is 6.57. The fraction of sp³-hybridized carbons (Fsp3) is 0.294. The van der Waals surface area contributed by atoms with Crippen molar-refractivity contribution < 1.29 is 4.79 Å². The number of rotatable bonds is 4. The fourth-order valence-corrected chi connectivity index (χ4v) is 2.90. The number of nitrogens with zero attached hydrogens (tertiary/aromatic N) is 1. The number of hydrogen-bond acceptors (Lipinski definition) is 3. The van der Waals surface area contributed by atoms with Crippen molar-refractivity contribution in [3.05, 3.63) is 53.3 Å². The minimum absolute atomic E-state index is 0.239. The Morgan fingerprint density at radius 2 is 1.95 bits per heavy atom. The Labute approximate surface area is 134 Å². The molecule has 1 aliphatic carbocycles. The van der Waals surface area contributed by atoms with Gasteiger partial charge in [0.25, 0.3) is 5.91 Å². The Kier molecular flexibility index (Phi) is 4.59. The van der Waals surface area contributed by atoms with Crippen molar-refractivity contribution in [2.75, 3.05) is 10.6 Å². The van der Waals surface area contributed by atoms with Gasteiger partial charge in [-0.15, -0.1) is 0 Å². The Bertz CT molecular complexity index is 668. The first-order valence-corrected chi connectivity index (χ1v) is 7.88. The number of anilines is 2. The van der Waals surface area contributed by atoms with Gasteiger partial charge >= 0.3 is 0 Å². The van der Waals surface area contributed by atoms with E-state index < -0.39 is 0 Å². The van der Waals surface area contributed by atoms with Gasteiger partial charge in [0.05, 0.1) is 0 Å². The van der Waals surface area contributed by atoms with Crippen LogP contribution in [0, 0.1) is 0 Å². The van der Waals surface area contributed by atoms with Gasteiger partial charge in [-0.1, -0.05) is 30.5 Å². The number of nitrogens with one attached hydrogen (secondary N) is 2. The first kappa shape index (κ1) is 14.9. The van der Waals surface area contributed by atoms with E-state index in [1.165, 1.54) is 25.7 Å². The highest BCUT2D eigenvalue weighted by Gasteiger charge is 2.15. The molecule has 0 spiro atoms.